The zero-order chi connectivity index (χ0) is 15.1. The van der Waals surface area contributed by atoms with Crippen LogP contribution in [0.2, 0.25) is 0 Å². The van der Waals surface area contributed by atoms with Crippen LogP contribution in [0.15, 0.2) is 0 Å². The number of aromatic carboxylic acids is 1. The molecule has 20 heavy (non-hydrogen) atoms. The van der Waals surface area contributed by atoms with Crippen LogP contribution in [-0.2, 0) is 4.74 Å². The number of amides is 1. The second kappa shape index (κ2) is 4.94. The number of aromatic nitrogens is 1. The lowest BCUT2D eigenvalue weighted by Crippen LogP contribution is -2.50. The summed E-state index contributed by atoms with van der Waals surface area (Å²) < 4.78 is 5.59. The van der Waals surface area contributed by atoms with Gasteiger partial charge in [0.15, 0.2) is 0 Å². The van der Waals surface area contributed by atoms with Crippen LogP contribution in [0, 0.1) is 13.8 Å². The Morgan fingerprint density at radius 2 is 2.00 bits per heavy atom. The summed E-state index contributed by atoms with van der Waals surface area (Å²) >= 11 is 0. The summed E-state index contributed by atoms with van der Waals surface area (Å²) in [5, 5.41) is 9.10. The van der Waals surface area contributed by atoms with Crippen molar-refractivity contribution in [2.45, 2.75) is 33.3 Å². The maximum Gasteiger partial charge on any atom is 0.352 e. The molecule has 2 heterocycles. The van der Waals surface area contributed by atoms with Crippen LogP contribution in [-0.4, -0.2) is 52.2 Å². The number of aromatic amines is 1. The zero-order valence-corrected chi connectivity index (χ0v) is 12.2. The van der Waals surface area contributed by atoms with Gasteiger partial charge in [-0.15, -0.1) is 0 Å². The van der Waals surface area contributed by atoms with E-state index in [1.807, 2.05) is 13.8 Å². The molecule has 6 heteroatoms. The van der Waals surface area contributed by atoms with Crippen LogP contribution in [0.3, 0.4) is 0 Å². The van der Waals surface area contributed by atoms with Crippen molar-refractivity contribution in [1.82, 2.24) is 9.88 Å². The molecule has 1 aliphatic heterocycles. The number of hydrogen-bond donors (Lipinski definition) is 2. The van der Waals surface area contributed by atoms with E-state index >= 15 is 0 Å². The van der Waals surface area contributed by atoms with Crippen LogP contribution in [0.5, 0.6) is 0 Å². The second-order valence-corrected chi connectivity index (χ2v) is 5.77. The van der Waals surface area contributed by atoms with Crippen LogP contribution in [0.25, 0.3) is 0 Å². The monoisotopic (exact) mass is 280 g/mol. The average Bonchev–Trinajstić information content (AvgIpc) is 2.63. The molecule has 0 atom stereocenters. The third kappa shape index (κ3) is 2.56. The van der Waals surface area contributed by atoms with E-state index in [0.29, 0.717) is 36.5 Å². The molecule has 6 nitrogen and oxygen atoms in total. The van der Waals surface area contributed by atoms with Gasteiger partial charge in [-0.25, -0.2) is 4.79 Å². The van der Waals surface area contributed by atoms with Crippen molar-refractivity contribution in [3.63, 3.8) is 0 Å². The first-order chi connectivity index (χ1) is 9.23. The Morgan fingerprint density at radius 1 is 1.35 bits per heavy atom. The number of rotatable bonds is 2. The molecule has 1 aliphatic rings. The van der Waals surface area contributed by atoms with Gasteiger partial charge in [0.25, 0.3) is 5.91 Å². The summed E-state index contributed by atoms with van der Waals surface area (Å²) in [6, 6.07) is 0. The number of nitrogens with one attached hydrogen (secondary N) is 1. The molecule has 0 saturated carbocycles. The highest BCUT2D eigenvalue weighted by molar-refractivity contribution is 6.00. The standard InChI is InChI=1S/C14H20N2O4/c1-8-10(9(2)15-11(8)13(18)19)12(17)16-5-6-20-14(3,4)7-16/h15H,5-7H2,1-4H3,(H,18,19). The zero-order valence-electron chi connectivity index (χ0n) is 12.2. The Labute approximate surface area is 117 Å². The molecule has 2 N–H and O–H groups in total. The predicted octanol–water partition coefficient (Wildman–Crippen LogP) is 1.58. The van der Waals surface area contributed by atoms with Crippen molar-refractivity contribution in [1.29, 1.82) is 0 Å². The molecule has 110 valence electrons. The number of carboxylic acid groups (broad SMARTS) is 1. The second-order valence-electron chi connectivity index (χ2n) is 5.77. The number of nitrogens with zero attached hydrogens (tertiary/aromatic N) is 1. The van der Waals surface area contributed by atoms with Crippen LogP contribution in [0.1, 0.15) is 46.0 Å². The van der Waals surface area contributed by atoms with Crippen LogP contribution in [0.4, 0.5) is 0 Å². The van der Waals surface area contributed by atoms with E-state index in [-0.39, 0.29) is 17.2 Å². The molecule has 0 spiro atoms. The molecule has 1 saturated heterocycles. The number of carbonyl (C=O) groups is 2. The van der Waals surface area contributed by atoms with E-state index in [0.717, 1.165) is 0 Å². The normalized spacial score (nSPS) is 18.1. The maximum absolute atomic E-state index is 12.6. The number of carboxylic acids is 1. The summed E-state index contributed by atoms with van der Waals surface area (Å²) in [4.78, 5) is 28.2. The third-order valence-corrected chi connectivity index (χ3v) is 3.58. The molecule has 1 aromatic heterocycles. The quantitative estimate of drug-likeness (QED) is 0.861. The third-order valence-electron chi connectivity index (χ3n) is 3.58. The van der Waals surface area contributed by atoms with Gasteiger partial charge >= 0.3 is 5.97 Å². The lowest BCUT2D eigenvalue weighted by Gasteiger charge is -2.38. The fourth-order valence-electron chi connectivity index (χ4n) is 2.63. The van der Waals surface area contributed by atoms with Crippen molar-refractivity contribution in [2.75, 3.05) is 19.7 Å². The van der Waals surface area contributed by atoms with Gasteiger partial charge in [-0.1, -0.05) is 0 Å². The van der Waals surface area contributed by atoms with E-state index in [1.54, 1.807) is 18.7 Å². The van der Waals surface area contributed by atoms with Gasteiger partial charge in [-0.05, 0) is 33.3 Å². The highest BCUT2D eigenvalue weighted by Crippen LogP contribution is 2.23. The van der Waals surface area contributed by atoms with Gasteiger partial charge in [0.05, 0.1) is 17.8 Å². The molecule has 0 bridgehead atoms. The molecular formula is C14H20N2O4. The lowest BCUT2D eigenvalue weighted by molar-refractivity contribution is -0.0764. The first-order valence-corrected chi connectivity index (χ1v) is 6.58. The van der Waals surface area contributed by atoms with Crippen LogP contribution < -0.4 is 0 Å². The Hall–Kier alpha value is -1.82. The molecule has 0 radical (unpaired) electrons. The van der Waals surface area contributed by atoms with Crippen LogP contribution >= 0.6 is 0 Å². The van der Waals surface area contributed by atoms with Crippen molar-refractivity contribution in [2.24, 2.45) is 0 Å². The number of ether oxygens (including phenoxy) is 1. The summed E-state index contributed by atoms with van der Waals surface area (Å²) in [6.45, 7) is 8.77. The minimum absolute atomic E-state index is 0.0818. The minimum atomic E-state index is -1.05. The van der Waals surface area contributed by atoms with E-state index in [1.165, 1.54) is 0 Å². The van der Waals surface area contributed by atoms with Gasteiger partial charge < -0.3 is 19.7 Å². The molecule has 0 unspecified atom stereocenters. The molecule has 1 amide bonds. The largest absolute Gasteiger partial charge is 0.477 e. The average molecular weight is 280 g/mol. The van der Waals surface area contributed by atoms with Crippen molar-refractivity contribution < 1.29 is 19.4 Å². The van der Waals surface area contributed by atoms with Gasteiger partial charge in [0.2, 0.25) is 0 Å². The van der Waals surface area contributed by atoms with Gasteiger partial charge in [0.1, 0.15) is 5.69 Å². The Morgan fingerprint density at radius 3 is 2.50 bits per heavy atom. The number of H-pyrrole nitrogens is 1. The van der Waals surface area contributed by atoms with E-state index in [4.69, 9.17) is 9.84 Å². The lowest BCUT2D eigenvalue weighted by atomic mass is 10.0. The highest BCUT2D eigenvalue weighted by atomic mass is 16.5. The number of hydrogen-bond acceptors (Lipinski definition) is 3. The first-order valence-electron chi connectivity index (χ1n) is 6.58. The molecule has 0 aromatic carbocycles. The summed E-state index contributed by atoms with van der Waals surface area (Å²) in [7, 11) is 0. The SMILES string of the molecule is Cc1[nH]c(C(=O)O)c(C)c1C(=O)N1CCOC(C)(C)C1. The summed E-state index contributed by atoms with van der Waals surface area (Å²) in [5.41, 5.74) is 1.25. The molecule has 1 aromatic rings. The fourth-order valence-corrected chi connectivity index (χ4v) is 2.63. The summed E-state index contributed by atoms with van der Waals surface area (Å²) in [6.07, 6.45) is 0. The predicted molar refractivity (Wildman–Crippen MR) is 73.2 cm³/mol. The van der Waals surface area contributed by atoms with E-state index < -0.39 is 5.97 Å². The number of carbonyl (C=O) groups excluding carboxylic acids is 1. The smallest absolute Gasteiger partial charge is 0.352 e. The molecule has 1 fully saturated rings. The van der Waals surface area contributed by atoms with Crippen molar-refractivity contribution >= 4 is 11.9 Å². The first kappa shape index (κ1) is 14.6. The van der Waals surface area contributed by atoms with E-state index in [9.17, 15) is 9.59 Å². The van der Waals surface area contributed by atoms with Gasteiger partial charge in [-0.2, -0.15) is 0 Å². The Balaban J connectivity index is 2.32. The molecular weight excluding hydrogens is 260 g/mol. The van der Waals surface area contributed by atoms with Crippen molar-refractivity contribution in [3.8, 4) is 0 Å². The fraction of sp³-hybridized carbons (Fsp3) is 0.571. The minimum Gasteiger partial charge on any atom is -0.477 e. The van der Waals surface area contributed by atoms with Crippen molar-refractivity contribution in [3.05, 3.63) is 22.5 Å². The van der Waals surface area contributed by atoms with Gasteiger partial charge in [0, 0.05) is 18.8 Å². The number of aryl methyl sites for hydroxylation is 1. The highest BCUT2D eigenvalue weighted by Gasteiger charge is 2.32. The molecule has 2 rings (SSSR count). The van der Waals surface area contributed by atoms with Gasteiger partial charge in [-0.3, -0.25) is 4.79 Å². The topological polar surface area (TPSA) is 82.6 Å². The Bertz CT molecular complexity index is 560. The molecule has 0 aliphatic carbocycles. The Kier molecular flexibility index (Phi) is 3.60. The maximum atomic E-state index is 12.6. The number of morpholine rings is 1. The van der Waals surface area contributed by atoms with E-state index in [2.05, 4.69) is 4.98 Å². The summed E-state index contributed by atoms with van der Waals surface area (Å²) in [5.74, 6) is -1.19.